The number of aromatic nitrogens is 6. The molecule has 0 aliphatic rings. The van der Waals surface area contributed by atoms with E-state index in [4.69, 9.17) is 19.9 Å². The fourth-order valence-electron chi connectivity index (χ4n) is 10.5. The number of para-hydroxylation sites is 4. The summed E-state index contributed by atoms with van der Waals surface area (Å²) in [4.78, 5) is 20.7. The van der Waals surface area contributed by atoms with Gasteiger partial charge in [-0.15, -0.1) is 0 Å². The average molecular weight is 893 g/mol. The molecule has 14 rings (SSSR count). The van der Waals surface area contributed by atoms with Crippen LogP contribution in [-0.4, -0.2) is 29.1 Å². The fourth-order valence-corrected chi connectivity index (χ4v) is 10.5. The van der Waals surface area contributed by atoms with Crippen molar-refractivity contribution in [1.82, 2.24) is 29.1 Å². The molecule has 0 N–H and O–H groups in total. The summed E-state index contributed by atoms with van der Waals surface area (Å²) in [6.45, 7) is 0. The molecule has 326 valence electrons. The standard InChI is InChI=1S/C64H40N6/c1-4-16-42(17-5-1)61-52-37-39-58-60(51-24-12-15-27-57(51)70(58)47-20-8-3-9-21-47)59(52)53-40-46(34-38-54(53)65-61)41-28-30-44(31-29-41)63-66-62(43-18-6-2-7-19-43)67-64(68-63)45-32-35-48(36-33-45)69-55-25-13-10-22-49(55)50-23-11-14-26-56(50)69/h1-40H. The number of hydrogen-bond donors (Lipinski definition) is 0. The molecule has 70 heavy (non-hydrogen) atoms. The van der Waals surface area contributed by atoms with E-state index < -0.39 is 0 Å². The quantitative estimate of drug-likeness (QED) is 0.150. The van der Waals surface area contributed by atoms with Crippen LogP contribution in [0.1, 0.15) is 0 Å². The van der Waals surface area contributed by atoms with Crippen molar-refractivity contribution in [2.75, 3.05) is 0 Å². The van der Waals surface area contributed by atoms with E-state index in [1.807, 2.05) is 30.3 Å². The molecule has 0 saturated heterocycles. The van der Waals surface area contributed by atoms with Crippen molar-refractivity contribution in [1.29, 1.82) is 0 Å². The molecular formula is C64H40N6. The van der Waals surface area contributed by atoms with Crippen LogP contribution in [-0.2, 0) is 0 Å². The minimum Gasteiger partial charge on any atom is -0.309 e. The van der Waals surface area contributed by atoms with Gasteiger partial charge in [0, 0.05) is 71.3 Å². The number of benzene rings is 10. The maximum Gasteiger partial charge on any atom is 0.164 e. The predicted molar refractivity (Wildman–Crippen MR) is 288 cm³/mol. The summed E-state index contributed by atoms with van der Waals surface area (Å²) in [6, 6.07) is 85.6. The summed E-state index contributed by atoms with van der Waals surface area (Å²) in [5.41, 5.74) is 14.8. The van der Waals surface area contributed by atoms with Crippen LogP contribution in [0.5, 0.6) is 0 Å². The van der Waals surface area contributed by atoms with Crippen molar-refractivity contribution in [2.24, 2.45) is 0 Å². The maximum atomic E-state index is 5.39. The van der Waals surface area contributed by atoms with E-state index in [-0.39, 0.29) is 0 Å². The second-order valence-corrected chi connectivity index (χ2v) is 17.8. The van der Waals surface area contributed by atoms with Crippen LogP contribution >= 0.6 is 0 Å². The normalized spacial score (nSPS) is 11.7. The predicted octanol–water partition coefficient (Wildman–Crippen LogP) is 16.1. The summed E-state index contributed by atoms with van der Waals surface area (Å²) in [5.74, 6) is 1.85. The summed E-state index contributed by atoms with van der Waals surface area (Å²) < 4.78 is 4.71. The van der Waals surface area contributed by atoms with Gasteiger partial charge in [0.25, 0.3) is 0 Å². The maximum absolute atomic E-state index is 5.39. The molecule has 0 bridgehead atoms. The van der Waals surface area contributed by atoms with Gasteiger partial charge in [-0.25, -0.2) is 19.9 Å². The zero-order valence-electron chi connectivity index (χ0n) is 37.8. The topological polar surface area (TPSA) is 61.4 Å². The molecule has 0 amide bonds. The van der Waals surface area contributed by atoms with Crippen LogP contribution in [0.2, 0.25) is 0 Å². The summed E-state index contributed by atoms with van der Waals surface area (Å²) in [6.07, 6.45) is 0. The summed E-state index contributed by atoms with van der Waals surface area (Å²) in [5, 5.41) is 8.31. The van der Waals surface area contributed by atoms with E-state index >= 15 is 0 Å². The summed E-state index contributed by atoms with van der Waals surface area (Å²) in [7, 11) is 0. The molecule has 14 aromatic rings. The SMILES string of the molecule is c1ccc(-c2nc(-c3ccc(-c4ccc5nc(-c6ccccc6)c6ccc7c(c8ccccc8n7-c7ccccc7)c6c5c4)cc3)nc(-c3ccc(-n4c5ccccc5c5ccccc54)cc3)n2)cc1. The highest BCUT2D eigenvalue weighted by molar-refractivity contribution is 6.29. The Labute approximate surface area is 403 Å². The van der Waals surface area contributed by atoms with Gasteiger partial charge in [-0.3, -0.25) is 0 Å². The second-order valence-electron chi connectivity index (χ2n) is 17.8. The third kappa shape index (κ3) is 6.42. The highest BCUT2D eigenvalue weighted by atomic mass is 15.0. The first-order valence-electron chi connectivity index (χ1n) is 23.6. The molecule has 0 aliphatic heterocycles. The lowest BCUT2D eigenvalue weighted by molar-refractivity contribution is 1.07. The number of fused-ring (bicyclic) bond motifs is 10. The second kappa shape index (κ2) is 16.1. The zero-order valence-corrected chi connectivity index (χ0v) is 37.8. The van der Waals surface area contributed by atoms with E-state index in [1.165, 1.54) is 43.5 Å². The van der Waals surface area contributed by atoms with E-state index in [0.29, 0.717) is 17.5 Å². The molecule has 0 atom stereocenters. The molecule has 0 fully saturated rings. The van der Waals surface area contributed by atoms with E-state index in [1.54, 1.807) is 0 Å². The van der Waals surface area contributed by atoms with Gasteiger partial charge in [0.1, 0.15) is 0 Å². The zero-order chi connectivity index (χ0) is 46.1. The van der Waals surface area contributed by atoms with E-state index in [2.05, 4.69) is 221 Å². The van der Waals surface area contributed by atoms with Crippen molar-refractivity contribution in [3.05, 3.63) is 243 Å². The highest BCUT2D eigenvalue weighted by Gasteiger charge is 2.21. The molecule has 0 aliphatic carbocycles. The first-order valence-corrected chi connectivity index (χ1v) is 23.6. The van der Waals surface area contributed by atoms with Crippen molar-refractivity contribution in [3.8, 4) is 67.9 Å². The molecular weight excluding hydrogens is 853 g/mol. The number of rotatable bonds is 7. The van der Waals surface area contributed by atoms with Gasteiger partial charge in [-0.2, -0.15) is 0 Å². The molecule has 0 radical (unpaired) electrons. The lowest BCUT2D eigenvalue weighted by Gasteiger charge is -2.14. The van der Waals surface area contributed by atoms with E-state index in [9.17, 15) is 0 Å². The molecule has 6 nitrogen and oxygen atoms in total. The molecule has 0 spiro atoms. The average Bonchev–Trinajstić information content (AvgIpc) is 3.96. The van der Waals surface area contributed by atoms with Gasteiger partial charge in [0.2, 0.25) is 0 Å². The van der Waals surface area contributed by atoms with Crippen molar-refractivity contribution >= 4 is 65.3 Å². The van der Waals surface area contributed by atoms with Gasteiger partial charge in [0.05, 0.1) is 33.3 Å². The van der Waals surface area contributed by atoms with Crippen molar-refractivity contribution < 1.29 is 0 Å². The van der Waals surface area contributed by atoms with Crippen molar-refractivity contribution in [3.63, 3.8) is 0 Å². The third-order valence-corrected chi connectivity index (χ3v) is 13.8. The van der Waals surface area contributed by atoms with Crippen LogP contribution < -0.4 is 0 Å². The molecule has 0 unspecified atom stereocenters. The lowest BCUT2D eigenvalue weighted by Crippen LogP contribution is -2.00. The third-order valence-electron chi connectivity index (χ3n) is 13.8. The Balaban J connectivity index is 0.891. The Kier molecular flexibility index (Phi) is 9.10. The van der Waals surface area contributed by atoms with Crippen LogP contribution in [0.15, 0.2) is 243 Å². The number of pyridine rings is 1. The fraction of sp³-hybridized carbons (Fsp3) is 0. The Morgan fingerprint density at radius 3 is 1.30 bits per heavy atom. The summed E-state index contributed by atoms with van der Waals surface area (Å²) >= 11 is 0. The van der Waals surface area contributed by atoms with Gasteiger partial charge in [-0.05, 0) is 83.9 Å². The van der Waals surface area contributed by atoms with E-state index in [0.717, 1.165) is 72.3 Å². The van der Waals surface area contributed by atoms with Crippen LogP contribution in [0.4, 0.5) is 0 Å². The Morgan fingerprint density at radius 1 is 0.243 bits per heavy atom. The molecule has 4 heterocycles. The first kappa shape index (κ1) is 39.6. The monoisotopic (exact) mass is 892 g/mol. The Morgan fingerprint density at radius 2 is 0.686 bits per heavy atom. The Hall–Kier alpha value is -9.52. The van der Waals surface area contributed by atoms with Gasteiger partial charge >= 0.3 is 0 Å². The van der Waals surface area contributed by atoms with Crippen molar-refractivity contribution in [2.45, 2.75) is 0 Å². The minimum atomic E-state index is 0.612. The largest absolute Gasteiger partial charge is 0.309 e. The molecule has 0 saturated carbocycles. The van der Waals surface area contributed by atoms with Gasteiger partial charge in [-0.1, -0.05) is 170 Å². The minimum absolute atomic E-state index is 0.612. The highest BCUT2D eigenvalue weighted by Crippen LogP contribution is 2.43. The molecule has 4 aromatic heterocycles. The molecule has 6 heteroatoms. The Bertz CT molecular complexity index is 4260. The molecule has 10 aromatic carbocycles. The van der Waals surface area contributed by atoms with Crippen LogP contribution in [0.25, 0.3) is 133 Å². The first-order chi connectivity index (χ1) is 34.7. The van der Waals surface area contributed by atoms with Gasteiger partial charge in [0.15, 0.2) is 17.5 Å². The van der Waals surface area contributed by atoms with Gasteiger partial charge < -0.3 is 9.13 Å². The lowest BCUT2D eigenvalue weighted by atomic mass is 9.94. The number of hydrogen-bond acceptors (Lipinski definition) is 4. The van der Waals surface area contributed by atoms with Crippen LogP contribution in [0.3, 0.4) is 0 Å². The smallest absolute Gasteiger partial charge is 0.164 e. The van der Waals surface area contributed by atoms with Crippen LogP contribution in [0, 0.1) is 0 Å². The number of nitrogens with zero attached hydrogens (tertiary/aromatic N) is 6.